The predicted molar refractivity (Wildman–Crippen MR) is 153 cm³/mol. The normalized spacial score (nSPS) is 34.3. The quantitative estimate of drug-likeness (QED) is 0.534. The van der Waals surface area contributed by atoms with E-state index in [1.165, 1.54) is 11.3 Å². The van der Waals surface area contributed by atoms with Crippen molar-refractivity contribution >= 4 is 23.4 Å². The summed E-state index contributed by atoms with van der Waals surface area (Å²) in [6, 6.07) is 5.92. The molecule has 2 saturated heterocycles. The van der Waals surface area contributed by atoms with Crippen molar-refractivity contribution < 1.29 is 29.0 Å². The number of benzene rings is 1. The molecule has 5 aliphatic rings. The van der Waals surface area contributed by atoms with Crippen LogP contribution in [0.5, 0.6) is 5.75 Å². The zero-order valence-electron chi connectivity index (χ0n) is 24.2. The fourth-order valence-electron chi connectivity index (χ4n) is 7.88. The molecule has 6 rings (SSSR count). The third-order valence-corrected chi connectivity index (χ3v) is 9.74. The molecular formula is C32H41N3O6. The number of hydrogen-bond donors (Lipinski definition) is 1. The lowest BCUT2D eigenvalue weighted by Gasteiger charge is -2.41. The molecule has 1 aliphatic carbocycles. The van der Waals surface area contributed by atoms with Gasteiger partial charge >= 0.3 is 0 Å². The second-order valence-electron chi connectivity index (χ2n) is 12.2. The van der Waals surface area contributed by atoms with Crippen LogP contribution in [-0.2, 0) is 19.1 Å². The molecule has 4 aliphatic heterocycles. The van der Waals surface area contributed by atoms with E-state index in [0.717, 1.165) is 25.7 Å². The fourth-order valence-corrected chi connectivity index (χ4v) is 7.88. The number of fused-ring (bicyclic) bond motifs is 2. The minimum Gasteiger partial charge on any atom is -0.494 e. The number of hydrogen-bond acceptors (Lipinski definition) is 6. The molecule has 1 aromatic rings. The Morgan fingerprint density at radius 3 is 2.37 bits per heavy atom. The molecule has 0 aromatic heterocycles. The van der Waals surface area contributed by atoms with E-state index in [9.17, 15) is 19.5 Å². The van der Waals surface area contributed by atoms with Crippen molar-refractivity contribution in [1.82, 2.24) is 9.80 Å². The van der Waals surface area contributed by atoms with Gasteiger partial charge in [-0.3, -0.25) is 14.4 Å². The van der Waals surface area contributed by atoms with Crippen molar-refractivity contribution in [2.75, 3.05) is 31.2 Å². The molecule has 3 fully saturated rings. The maximum absolute atomic E-state index is 14.5. The monoisotopic (exact) mass is 563 g/mol. The highest BCUT2D eigenvalue weighted by Crippen LogP contribution is 2.58. The molecule has 1 aromatic carbocycles. The van der Waals surface area contributed by atoms with Crippen molar-refractivity contribution in [3.05, 3.63) is 48.6 Å². The van der Waals surface area contributed by atoms with E-state index in [0.29, 0.717) is 31.1 Å². The summed E-state index contributed by atoms with van der Waals surface area (Å²) in [5.74, 6) is -1.73. The predicted octanol–water partition coefficient (Wildman–Crippen LogP) is 3.07. The first kappa shape index (κ1) is 28.0. The first-order chi connectivity index (χ1) is 19.8. The lowest BCUT2D eigenvalue weighted by atomic mass is 9.74. The molecule has 1 saturated carbocycles. The molecular weight excluding hydrogens is 522 g/mol. The van der Waals surface area contributed by atoms with Crippen molar-refractivity contribution in [3.63, 3.8) is 0 Å². The Labute approximate surface area is 241 Å². The van der Waals surface area contributed by atoms with Crippen LogP contribution in [0.3, 0.4) is 0 Å². The van der Waals surface area contributed by atoms with Crippen molar-refractivity contribution in [2.24, 2.45) is 11.8 Å². The highest BCUT2D eigenvalue weighted by atomic mass is 16.5. The zero-order chi connectivity index (χ0) is 28.9. The smallest absolute Gasteiger partial charge is 0.249 e. The van der Waals surface area contributed by atoms with Gasteiger partial charge in [-0.2, -0.15) is 0 Å². The van der Waals surface area contributed by atoms with E-state index in [4.69, 9.17) is 9.47 Å². The van der Waals surface area contributed by atoms with Gasteiger partial charge in [0.1, 0.15) is 17.4 Å². The number of ether oxygens (including phenoxy) is 2. The van der Waals surface area contributed by atoms with Crippen LogP contribution >= 0.6 is 0 Å². The number of anilines is 1. The lowest BCUT2D eigenvalue weighted by Crippen LogP contribution is -2.59. The molecule has 1 spiro atoms. The average Bonchev–Trinajstić information content (AvgIpc) is 3.25. The first-order valence-corrected chi connectivity index (χ1v) is 15.1. The van der Waals surface area contributed by atoms with Gasteiger partial charge in [-0.05, 0) is 57.9 Å². The van der Waals surface area contributed by atoms with Gasteiger partial charge in [0.05, 0.1) is 36.7 Å². The van der Waals surface area contributed by atoms with Crippen molar-refractivity contribution in [2.45, 2.75) is 82.2 Å². The van der Waals surface area contributed by atoms with Crippen LogP contribution in [0.2, 0.25) is 0 Å². The Kier molecular flexibility index (Phi) is 7.22. The Bertz CT molecular complexity index is 1260. The van der Waals surface area contributed by atoms with Crippen molar-refractivity contribution in [3.8, 4) is 5.75 Å². The van der Waals surface area contributed by atoms with Crippen LogP contribution in [0.1, 0.15) is 52.9 Å². The molecule has 1 unspecified atom stereocenters. The van der Waals surface area contributed by atoms with Crippen LogP contribution in [0.25, 0.3) is 0 Å². The second kappa shape index (κ2) is 10.6. The Morgan fingerprint density at radius 1 is 0.976 bits per heavy atom. The largest absolute Gasteiger partial charge is 0.494 e. The Morgan fingerprint density at radius 2 is 1.68 bits per heavy atom. The fraction of sp³-hybridized carbons (Fsp3) is 0.594. The lowest BCUT2D eigenvalue weighted by molar-refractivity contribution is -0.155. The van der Waals surface area contributed by atoms with Crippen LogP contribution in [0.15, 0.2) is 48.6 Å². The van der Waals surface area contributed by atoms with Gasteiger partial charge in [0.15, 0.2) is 0 Å². The summed E-state index contributed by atoms with van der Waals surface area (Å²) in [4.78, 5) is 48.5. The molecule has 0 radical (unpaired) electrons. The summed E-state index contributed by atoms with van der Waals surface area (Å²) < 4.78 is 12.5. The number of aliphatic hydroxyl groups is 1. The van der Waals surface area contributed by atoms with Crippen LogP contribution in [0.4, 0.5) is 5.69 Å². The topological polar surface area (TPSA) is 99.6 Å². The van der Waals surface area contributed by atoms with Crippen LogP contribution in [0, 0.1) is 11.8 Å². The highest BCUT2D eigenvalue weighted by Gasteiger charge is 2.75. The molecule has 9 nitrogen and oxygen atoms in total. The number of amides is 3. The average molecular weight is 564 g/mol. The second-order valence-corrected chi connectivity index (χ2v) is 12.2. The SMILES string of the molecule is CCOc1ccc(N2CC=C[C@]3(C)O[C@]45C=CCN(C6CCCCC6)C(=O)C4N([C@H](C)CO)C(=O)[C@@H]5[C@@H]3C2=O)cc1. The molecule has 6 atom stereocenters. The summed E-state index contributed by atoms with van der Waals surface area (Å²) in [6.45, 7) is 6.55. The van der Waals surface area contributed by atoms with Gasteiger partial charge in [-0.1, -0.05) is 43.6 Å². The number of aliphatic hydroxyl groups excluding tert-OH is 1. The van der Waals surface area contributed by atoms with Crippen LogP contribution in [-0.4, -0.2) is 88.3 Å². The number of likely N-dealkylation sites (tertiary alicyclic amines) is 1. The molecule has 9 heteroatoms. The molecule has 4 heterocycles. The van der Waals surface area contributed by atoms with E-state index in [1.54, 1.807) is 11.8 Å². The number of carbonyl (C=O) groups is 3. The number of rotatable bonds is 6. The van der Waals surface area contributed by atoms with Gasteiger partial charge < -0.3 is 29.3 Å². The summed E-state index contributed by atoms with van der Waals surface area (Å²) in [5, 5.41) is 10.2. The molecule has 1 N–H and O–H groups in total. The molecule has 41 heavy (non-hydrogen) atoms. The first-order valence-electron chi connectivity index (χ1n) is 15.1. The highest BCUT2D eigenvalue weighted by molar-refractivity contribution is 6.04. The van der Waals surface area contributed by atoms with Crippen molar-refractivity contribution in [1.29, 1.82) is 0 Å². The Balaban J connectivity index is 1.42. The Hall–Kier alpha value is -3.17. The van der Waals surface area contributed by atoms with Gasteiger partial charge in [-0.15, -0.1) is 0 Å². The van der Waals surface area contributed by atoms with Gasteiger partial charge in [0.2, 0.25) is 17.7 Å². The van der Waals surface area contributed by atoms with E-state index < -0.39 is 35.1 Å². The van der Waals surface area contributed by atoms with E-state index >= 15 is 0 Å². The van der Waals surface area contributed by atoms with Gasteiger partial charge in [-0.25, -0.2) is 0 Å². The molecule has 3 amide bonds. The third-order valence-electron chi connectivity index (χ3n) is 9.74. The summed E-state index contributed by atoms with van der Waals surface area (Å²) in [6.07, 6.45) is 12.8. The third kappa shape index (κ3) is 4.31. The standard InChI is InChI=1S/C32H41N3O6/c1-4-40-24-14-12-23(13-15-24)33-18-8-16-31(3)25(28(33)37)26-29(38)35(21(2)20-36)27-30(39)34(22-10-6-5-7-11-22)19-9-17-32(26,27)41-31/h8-9,12-17,21-22,25-27,36H,4-7,10-11,18-20H2,1-3H3/t21-,25-,26+,27?,31+,32+/m1/s1. The zero-order valence-corrected chi connectivity index (χ0v) is 24.2. The maximum Gasteiger partial charge on any atom is 0.249 e. The maximum atomic E-state index is 14.5. The minimum absolute atomic E-state index is 0.107. The summed E-state index contributed by atoms with van der Waals surface area (Å²) >= 11 is 0. The number of nitrogens with zero attached hydrogens (tertiary/aromatic N) is 3. The minimum atomic E-state index is -1.32. The van der Waals surface area contributed by atoms with E-state index in [2.05, 4.69) is 0 Å². The van der Waals surface area contributed by atoms with Gasteiger partial charge in [0.25, 0.3) is 0 Å². The van der Waals surface area contributed by atoms with Gasteiger partial charge in [0, 0.05) is 24.8 Å². The molecule has 220 valence electrons. The van der Waals surface area contributed by atoms with Crippen LogP contribution < -0.4 is 9.64 Å². The van der Waals surface area contributed by atoms with E-state index in [1.807, 2.05) is 67.3 Å². The molecule has 0 bridgehead atoms. The number of carbonyl (C=O) groups excluding carboxylic acids is 3. The van der Waals surface area contributed by atoms with E-state index in [-0.39, 0.29) is 30.4 Å². The summed E-state index contributed by atoms with van der Waals surface area (Å²) in [5.41, 5.74) is -1.70. The summed E-state index contributed by atoms with van der Waals surface area (Å²) in [7, 11) is 0.